The molecule has 0 saturated heterocycles. The van der Waals surface area contributed by atoms with Crippen LogP contribution < -0.4 is 5.32 Å². The Kier molecular flexibility index (Phi) is 12.2. The minimum atomic E-state index is -0.579. The summed E-state index contributed by atoms with van der Waals surface area (Å²) in [5.41, 5.74) is 1.03. The summed E-state index contributed by atoms with van der Waals surface area (Å²) >= 11 is 0. The van der Waals surface area contributed by atoms with E-state index in [9.17, 15) is 5.11 Å². The Hall–Kier alpha value is -0.910. The number of nitrogens with one attached hydrogen (secondary N) is 2. The Morgan fingerprint density at radius 2 is 1.80 bits per heavy atom. The molecule has 0 aliphatic heterocycles. The number of rotatable bonds is 17. The molecule has 11 atom stereocenters. The number of fused-ring (bicyclic) bond motifs is 5. The fraction of sp³-hybridized carbons (Fsp3) is 0.925. The van der Waals surface area contributed by atoms with Crippen molar-refractivity contribution in [2.75, 3.05) is 13.2 Å². The van der Waals surface area contributed by atoms with Crippen LogP contribution in [0.2, 0.25) is 0 Å². The van der Waals surface area contributed by atoms with Gasteiger partial charge in [0.05, 0.1) is 23.7 Å². The van der Waals surface area contributed by atoms with Gasteiger partial charge in [-0.25, -0.2) is 4.98 Å². The predicted octanol–water partition coefficient (Wildman–Crippen LogP) is 9.50. The monoisotopic (exact) mass is 626 g/mol. The van der Waals surface area contributed by atoms with Gasteiger partial charge in [-0.05, 0) is 106 Å². The van der Waals surface area contributed by atoms with Crippen molar-refractivity contribution < 1.29 is 9.84 Å². The normalized spacial score (nSPS) is 38.2. The first-order chi connectivity index (χ1) is 21.6. The molecule has 4 aliphatic rings. The van der Waals surface area contributed by atoms with Crippen LogP contribution in [0.4, 0.5) is 0 Å². The zero-order valence-electron chi connectivity index (χ0n) is 30.2. The molecule has 5 heteroatoms. The lowest BCUT2D eigenvalue weighted by molar-refractivity contribution is -0.220. The van der Waals surface area contributed by atoms with Crippen LogP contribution in [0, 0.1) is 46.3 Å². The summed E-state index contributed by atoms with van der Waals surface area (Å²) < 4.78 is 6.26. The lowest BCUT2D eigenvalue weighted by atomic mass is 9.42. The van der Waals surface area contributed by atoms with E-state index in [1.807, 2.05) is 6.20 Å². The molecule has 0 amide bonds. The highest BCUT2D eigenvalue weighted by molar-refractivity contribution is 5.18. The second-order valence-corrected chi connectivity index (χ2v) is 17.2. The Labute approximate surface area is 277 Å². The van der Waals surface area contributed by atoms with Gasteiger partial charge >= 0.3 is 0 Å². The number of hydrogen-bond acceptors (Lipinski definition) is 4. The van der Waals surface area contributed by atoms with E-state index in [1.54, 1.807) is 6.33 Å². The highest BCUT2D eigenvalue weighted by atomic mass is 16.5. The Morgan fingerprint density at radius 1 is 0.978 bits per heavy atom. The third-order valence-corrected chi connectivity index (χ3v) is 14.4. The number of imidazole rings is 1. The summed E-state index contributed by atoms with van der Waals surface area (Å²) in [6.07, 6.45) is 27.0. The van der Waals surface area contributed by atoms with E-state index >= 15 is 0 Å². The smallest absolute Gasteiger partial charge is 0.0923 e. The van der Waals surface area contributed by atoms with E-state index in [-0.39, 0.29) is 11.5 Å². The highest BCUT2D eigenvalue weighted by Crippen LogP contribution is 2.69. The van der Waals surface area contributed by atoms with Gasteiger partial charge in [0.15, 0.2) is 0 Å². The summed E-state index contributed by atoms with van der Waals surface area (Å²) in [5.74, 6) is 4.54. The summed E-state index contributed by atoms with van der Waals surface area (Å²) in [5, 5.41) is 16.5. The molecule has 1 aromatic rings. The van der Waals surface area contributed by atoms with Gasteiger partial charge in [-0.3, -0.25) is 0 Å². The molecule has 4 fully saturated rings. The quantitative estimate of drug-likeness (QED) is 0.151. The van der Waals surface area contributed by atoms with Crippen molar-refractivity contribution in [3.05, 3.63) is 18.2 Å². The molecule has 0 bridgehead atoms. The number of unbranched alkanes of at least 4 members (excludes halogenated alkanes) is 3. The van der Waals surface area contributed by atoms with Crippen LogP contribution in [0.15, 0.2) is 12.5 Å². The van der Waals surface area contributed by atoms with E-state index in [4.69, 9.17) is 4.74 Å². The fourth-order valence-corrected chi connectivity index (χ4v) is 11.7. The molecule has 0 spiro atoms. The molecule has 0 radical (unpaired) electrons. The number of hydrogen-bond donors (Lipinski definition) is 3. The molecule has 4 saturated carbocycles. The van der Waals surface area contributed by atoms with Crippen LogP contribution >= 0.6 is 0 Å². The van der Waals surface area contributed by atoms with Crippen molar-refractivity contribution in [3.63, 3.8) is 0 Å². The summed E-state index contributed by atoms with van der Waals surface area (Å²) in [6, 6.07) is 0.199. The number of aliphatic hydroxyl groups is 1. The lowest BCUT2D eigenvalue weighted by Crippen LogP contribution is -2.70. The molecule has 0 aromatic carbocycles. The number of aromatic amines is 1. The second kappa shape index (κ2) is 15.5. The average Bonchev–Trinajstić information content (AvgIpc) is 3.66. The molecular weight excluding hydrogens is 554 g/mol. The van der Waals surface area contributed by atoms with Gasteiger partial charge in [-0.15, -0.1) is 0 Å². The van der Waals surface area contributed by atoms with Crippen molar-refractivity contribution in [1.82, 2.24) is 15.3 Å². The van der Waals surface area contributed by atoms with E-state index in [2.05, 4.69) is 56.8 Å². The zero-order valence-corrected chi connectivity index (χ0v) is 30.2. The number of nitrogens with zero attached hydrogens (tertiary/aromatic N) is 1. The van der Waals surface area contributed by atoms with Gasteiger partial charge in [0, 0.05) is 37.2 Å². The van der Waals surface area contributed by atoms with Gasteiger partial charge < -0.3 is 20.1 Å². The minimum absolute atomic E-state index is 0.0361. The van der Waals surface area contributed by atoms with Gasteiger partial charge in [0.2, 0.25) is 0 Å². The first-order valence-electron chi connectivity index (χ1n) is 19.7. The van der Waals surface area contributed by atoms with Crippen LogP contribution in [0.25, 0.3) is 0 Å². The first kappa shape index (κ1) is 35.4. The van der Waals surface area contributed by atoms with Crippen LogP contribution in [-0.2, 0) is 11.2 Å². The van der Waals surface area contributed by atoms with Crippen molar-refractivity contribution in [2.24, 2.45) is 46.3 Å². The first-order valence-corrected chi connectivity index (χ1v) is 19.7. The molecule has 1 heterocycles. The molecule has 5 rings (SSSR count). The molecule has 45 heavy (non-hydrogen) atoms. The number of aromatic nitrogens is 2. The highest BCUT2D eigenvalue weighted by Gasteiger charge is 2.66. The van der Waals surface area contributed by atoms with Crippen molar-refractivity contribution in [3.8, 4) is 0 Å². The van der Waals surface area contributed by atoms with Crippen molar-refractivity contribution in [1.29, 1.82) is 0 Å². The molecular formula is C40H71N3O2. The molecule has 4 aliphatic carbocycles. The van der Waals surface area contributed by atoms with Crippen molar-refractivity contribution in [2.45, 2.75) is 175 Å². The molecule has 1 aromatic heterocycles. The van der Waals surface area contributed by atoms with E-state index in [0.29, 0.717) is 23.4 Å². The van der Waals surface area contributed by atoms with Crippen LogP contribution in [0.1, 0.15) is 156 Å². The van der Waals surface area contributed by atoms with Gasteiger partial charge in [0.25, 0.3) is 0 Å². The van der Waals surface area contributed by atoms with Crippen LogP contribution in [0.3, 0.4) is 0 Å². The van der Waals surface area contributed by atoms with E-state index < -0.39 is 5.60 Å². The fourth-order valence-electron chi connectivity index (χ4n) is 11.7. The molecule has 3 N–H and O–H groups in total. The Balaban J connectivity index is 1.15. The van der Waals surface area contributed by atoms with Crippen LogP contribution in [0.5, 0.6) is 0 Å². The lowest BCUT2D eigenvalue weighted by Gasteiger charge is -2.66. The third-order valence-electron chi connectivity index (χ3n) is 14.4. The average molecular weight is 626 g/mol. The maximum Gasteiger partial charge on any atom is 0.0923 e. The Bertz CT molecular complexity index is 1020. The molecule has 3 unspecified atom stereocenters. The van der Waals surface area contributed by atoms with Crippen LogP contribution in [-0.4, -0.2) is 46.0 Å². The number of H-pyrrole nitrogens is 1. The summed E-state index contributed by atoms with van der Waals surface area (Å²) in [4.78, 5) is 7.55. The topological polar surface area (TPSA) is 70.2 Å². The SMILES string of the molecule is CCCCCCC(C)OCC(C)CCCC(C)[C@H]1CC[C@H]2[C@@H]3C[C@@H](NCCc4c[nH]cn4)[C@@]4(O)CCCC[C@]4(C)[C@H]3CC[C@]12C. The third kappa shape index (κ3) is 7.56. The van der Waals surface area contributed by atoms with Gasteiger partial charge in [-0.1, -0.05) is 86.0 Å². The maximum absolute atomic E-state index is 12.5. The molecule has 5 nitrogen and oxygen atoms in total. The summed E-state index contributed by atoms with van der Waals surface area (Å²) in [6.45, 7) is 16.6. The Morgan fingerprint density at radius 3 is 2.58 bits per heavy atom. The van der Waals surface area contributed by atoms with Gasteiger partial charge in [0.1, 0.15) is 0 Å². The maximum atomic E-state index is 12.5. The summed E-state index contributed by atoms with van der Waals surface area (Å²) in [7, 11) is 0. The number of ether oxygens (including phenoxy) is 1. The van der Waals surface area contributed by atoms with Crippen molar-refractivity contribution >= 4 is 0 Å². The zero-order chi connectivity index (χ0) is 32.1. The van der Waals surface area contributed by atoms with E-state index in [1.165, 1.54) is 96.3 Å². The second-order valence-electron chi connectivity index (χ2n) is 17.2. The van der Waals surface area contributed by atoms with Gasteiger partial charge in [-0.2, -0.15) is 0 Å². The minimum Gasteiger partial charge on any atom is -0.388 e. The molecule has 258 valence electrons. The predicted molar refractivity (Wildman–Crippen MR) is 187 cm³/mol. The standard InChI is InChI=1S/C40H71N3O2/c1-7-8-9-10-16-31(4)45-27-29(2)14-13-15-30(3)34-17-18-35-33-25-37(42-24-20-32-26-41-28-43-32)40(44)22-12-11-21-39(40,6)36(33)19-23-38(34,35)5/h26,28-31,33-37,42,44H,7-25,27H2,1-6H3,(H,41,43)/t29?,30?,31?,33-,34+,35-,36-,37+,38+,39+,40-/m0/s1. The largest absolute Gasteiger partial charge is 0.388 e. The van der Waals surface area contributed by atoms with E-state index in [0.717, 1.165) is 61.8 Å².